The molecule has 0 spiro atoms. The largest absolute Gasteiger partial charge is 0.313 e. The first-order valence-corrected chi connectivity index (χ1v) is 4.82. The summed E-state index contributed by atoms with van der Waals surface area (Å²) in [6.07, 6.45) is 6.61. The van der Waals surface area contributed by atoms with Crippen molar-refractivity contribution in [1.29, 1.82) is 0 Å². The van der Waals surface area contributed by atoms with Crippen molar-refractivity contribution in [3.8, 4) is 12.3 Å². The lowest BCUT2D eigenvalue weighted by molar-refractivity contribution is 0.566. The Labute approximate surface area is 88.5 Å². The molecule has 15 heavy (non-hydrogen) atoms. The maximum absolute atomic E-state index is 13.1. The molecule has 0 aliphatic heterocycles. The molecule has 0 fully saturated rings. The van der Waals surface area contributed by atoms with Gasteiger partial charge in [0.25, 0.3) is 0 Å². The van der Waals surface area contributed by atoms with Crippen molar-refractivity contribution in [2.45, 2.75) is 19.4 Å². The molecular weight excluding hydrogens is 196 g/mol. The fourth-order valence-corrected chi connectivity index (χ4v) is 1.22. The Bertz CT molecular complexity index is 355. The van der Waals surface area contributed by atoms with Gasteiger partial charge in [-0.1, -0.05) is 0 Å². The van der Waals surface area contributed by atoms with E-state index in [-0.39, 0.29) is 5.82 Å². The third-order valence-corrected chi connectivity index (χ3v) is 2.00. The maximum Gasteiger partial charge on any atom is 0.127 e. The van der Waals surface area contributed by atoms with Gasteiger partial charge >= 0.3 is 0 Å². The fraction of sp³-hybridized carbons (Fsp3) is 0.333. The minimum atomic E-state index is -0.420. The minimum Gasteiger partial charge on any atom is -0.313 e. The van der Waals surface area contributed by atoms with Crippen molar-refractivity contribution >= 4 is 0 Å². The number of terminal acetylenes is 1. The quantitative estimate of drug-likeness (QED) is 0.580. The molecule has 3 heteroatoms. The molecule has 0 saturated carbocycles. The Hall–Kier alpha value is -1.40. The average Bonchev–Trinajstić information content (AvgIpc) is 2.23. The van der Waals surface area contributed by atoms with Crippen LogP contribution in [0.1, 0.15) is 18.4 Å². The summed E-state index contributed by atoms with van der Waals surface area (Å²) in [5.74, 6) is 1.71. The van der Waals surface area contributed by atoms with E-state index in [0.717, 1.165) is 18.6 Å². The van der Waals surface area contributed by atoms with E-state index in [1.54, 1.807) is 0 Å². The van der Waals surface area contributed by atoms with Crippen LogP contribution < -0.4 is 5.32 Å². The highest BCUT2D eigenvalue weighted by Crippen LogP contribution is 2.08. The van der Waals surface area contributed by atoms with Gasteiger partial charge in [-0.15, -0.1) is 12.3 Å². The van der Waals surface area contributed by atoms with E-state index in [0.29, 0.717) is 25.1 Å². The number of hydrogen-bond donors (Lipinski definition) is 1. The zero-order valence-corrected chi connectivity index (χ0v) is 8.39. The molecule has 0 unspecified atom stereocenters. The summed E-state index contributed by atoms with van der Waals surface area (Å²) < 4.78 is 25.9. The average molecular weight is 209 g/mol. The van der Waals surface area contributed by atoms with Crippen LogP contribution in [0.3, 0.4) is 0 Å². The molecule has 1 N–H and O–H groups in total. The van der Waals surface area contributed by atoms with Gasteiger partial charge in [0.2, 0.25) is 0 Å². The Morgan fingerprint density at radius 2 is 2.13 bits per heavy atom. The van der Waals surface area contributed by atoms with Crippen LogP contribution in [-0.2, 0) is 6.54 Å². The van der Waals surface area contributed by atoms with Crippen LogP contribution in [0, 0.1) is 24.0 Å². The van der Waals surface area contributed by atoms with Gasteiger partial charge in [0.15, 0.2) is 0 Å². The van der Waals surface area contributed by atoms with Crippen molar-refractivity contribution in [2.24, 2.45) is 0 Å². The van der Waals surface area contributed by atoms with Crippen LogP contribution in [0.15, 0.2) is 18.2 Å². The smallest absolute Gasteiger partial charge is 0.127 e. The molecule has 0 bridgehead atoms. The molecule has 0 aliphatic rings. The molecule has 1 aromatic rings. The SMILES string of the molecule is C#CCCCNCc1cc(F)ccc1F. The zero-order valence-electron chi connectivity index (χ0n) is 8.39. The van der Waals surface area contributed by atoms with Gasteiger partial charge in [0.05, 0.1) is 0 Å². The number of unbranched alkanes of at least 4 members (excludes halogenated alkanes) is 1. The van der Waals surface area contributed by atoms with Crippen LogP contribution in [0.4, 0.5) is 8.78 Å². The molecule has 0 saturated heterocycles. The summed E-state index contributed by atoms with van der Waals surface area (Å²) >= 11 is 0. The zero-order chi connectivity index (χ0) is 11.1. The highest BCUT2D eigenvalue weighted by molar-refractivity contribution is 5.18. The predicted molar refractivity (Wildman–Crippen MR) is 56.1 cm³/mol. The summed E-state index contributed by atoms with van der Waals surface area (Å²) in [6.45, 7) is 1.04. The number of hydrogen-bond acceptors (Lipinski definition) is 1. The number of nitrogens with one attached hydrogen (secondary N) is 1. The molecular formula is C12H13F2N. The Morgan fingerprint density at radius 3 is 2.87 bits per heavy atom. The second kappa shape index (κ2) is 6.15. The molecule has 0 aromatic heterocycles. The molecule has 0 aliphatic carbocycles. The third kappa shape index (κ3) is 4.09. The Balaban J connectivity index is 2.37. The lowest BCUT2D eigenvalue weighted by atomic mass is 10.2. The normalized spacial score (nSPS) is 9.93. The first-order valence-electron chi connectivity index (χ1n) is 4.82. The van der Waals surface area contributed by atoms with Gasteiger partial charge in [-0.25, -0.2) is 8.78 Å². The third-order valence-electron chi connectivity index (χ3n) is 2.00. The van der Waals surface area contributed by atoms with Crippen molar-refractivity contribution in [3.05, 3.63) is 35.4 Å². The standard InChI is InChI=1S/C12H13F2N/c1-2-3-4-7-15-9-10-8-11(13)5-6-12(10)14/h1,5-6,8,15H,3-4,7,9H2. The van der Waals surface area contributed by atoms with Gasteiger partial charge in [0.1, 0.15) is 11.6 Å². The van der Waals surface area contributed by atoms with E-state index < -0.39 is 5.82 Å². The number of rotatable bonds is 5. The van der Waals surface area contributed by atoms with E-state index in [1.807, 2.05) is 0 Å². The summed E-state index contributed by atoms with van der Waals surface area (Å²) in [5.41, 5.74) is 0.343. The molecule has 80 valence electrons. The first kappa shape index (κ1) is 11.7. The summed E-state index contributed by atoms with van der Waals surface area (Å²) in [4.78, 5) is 0. The second-order valence-electron chi connectivity index (χ2n) is 3.22. The van der Waals surface area contributed by atoms with E-state index in [4.69, 9.17) is 6.42 Å². The van der Waals surface area contributed by atoms with Crippen LogP contribution >= 0.6 is 0 Å². The van der Waals surface area contributed by atoms with E-state index in [9.17, 15) is 8.78 Å². The predicted octanol–water partition coefficient (Wildman–Crippen LogP) is 2.47. The molecule has 1 nitrogen and oxygen atoms in total. The Morgan fingerprint density at radius 1 is 1.33 bits per heavy atom. The van der Waals surface area contributed by atoms with Crippen LogP contribution in [0.25, 0.3) is 0 Å². The van der Waals surface area contributed by atoms with Crippen molar-refractivity contribution in [1.82, 2.24) is 5.32 Å². The summed E-state index contributed by atoms with van der Waals surface area (Å²) in [6, 6.07) is 3.44. The monoisotopic (exact) mass is 209 g/mol. The van der Waals surface area contributed by atoms with Gasteiger partial charge in [0, 0.05) is 18.5 Å². The van der Waals surface area contributed by atoms with Gasteiger partial charge in [-0.3, -0.25) is 0 Å². The minimum absolute atomic E-state index is 0.328. The second-order valence-corrected chi connectivity index (χ2v) is 3.22. The lowest BCUT2D eigenvalue weighted by Gasteiger charge is -2.04. The van der Waals surface area contributed by atoms with Crippen molar-refractivity contribution in [2.75, 3.05) is 6.54 Å². The van der Waals surface area contributed by atoms with Crippen LogP contribution in [0.5, 0.6) is 0 Å². The van der Waals surface area contributed by atoms with Gasteiger partial charge < -0.3 is 5.32 Å². The van der Waals surface area contributed by atoms with E-state index in [1.165, 1.54) is 6.07 Å². The maximum atomic E-state index is 13.1. The van der Waals surface area contributed by atoms with Crippen molar-refractivity contribution < 1.29 is 8.78 Å². The fourth-order valence-electron chi connectivity index (χ4n) is 1.22. The van der Waals surface area contributed by atoms with Gasteiger partial charge in [-0.2, -0.15) is 0 Å². The molecule has 0 atom stereocenters. The van der Waals surface area contributed by atoms with Crippen molar-refractivity contribution in [3.63, 3.8) is 0 Å². The first-order chi connectivity index (χ1) is 7.24. The van der Waals surface area contributed by atoms with Gasteiger partial charge in [-0.05, 0) is 31.2 Å². The molecule has 1 aromatic carbocycles. The van der Waals surface area contributed by atoms with Crippen LogP contribution in [-0.4, -0.2) is 6.54 Å². The lowest BCUT2D eigenvalue weighted by Crippen LogP contribution is -2.15. The molecule has 1 rings (SSSR count). The number of benzene rings is 1. The summed E-state index contributed by atoms with van der Waals surface area (Å²) in [7, 11) is 0. The highest BCUT2D eigenvalue weighted by Gasteiger charge is 2.02. The van der Waals surface area contributed by atoms with Crippen LogP contribution in [0.2, 0.25) is 0 Å². The molecule has 0 amide bonds. The molecule has 0 radical (unpaired) electrons. The number of halogens is 2. The Kier molecular flexibility index (Phi) is 4.79. The summed E-state index contributed by atoms with van der Waals surface area (Å²) in [5, 5.41) is 3.00. The van der Waals surface area contributed by atoms with E-state index in [2.05, 4.69) is 11.2 Å². The van der Waals surface area contributed by atoms with E-state index >= 15 is 0 Å². The topological polar surface area (TPSA) is 12.0 Å². The highest BCUT2D eigenvalue weighted by atomic mass is 19.1. The molecule has 0 heterocycles.